The highest BCUT2D eigenvalue weighted by molar-refractivity contribution is 5.26. The number of methoxy groups -OCH3 is 1. The summed E-state index contributed by atoms with van der Waals surface area (Å²) in [4.78, 5) is 5.71. The van der Waals surface area contributed by atoms with Crippen LogP contribution in [0.5, 0.6) is 5.88 Å². The summed E-state index contributed by atoms with van der Waals surface area (Å²) < 4.78 is 5.07. The van der Waals surface area contributed by atoms with Gasteiger partial charge in [-0.25, -0.2) is 4.98 Å². The van der Waals surface area contributed by atoms with Gasteiger partial charge in [-0.2, -0.15) is 7.05 Å². The highest BCUT2D eigenvalue weighted by Gasteiger charge is 2.14. The van der Waals surface area contributed by atoms with E-state index < -0.39 is 0 Å². The number of aromatic nitrogens is 1. The lowest BCUT2D eigenvalue weighted by molar-refractivity contribution is -0.870. The SMILES string of the molecule is [CH2-][NH+]1CCc2nc(OC)ccc2C1. The van der Waals surface area contributed by atoms with Crippen molar-refractivity contribution in [3.05, 3.63) is 30.4 Å². The predicted molar refractivity (Wildman–Crippen MR) is 49.4 cm³/mol. The van der Waals surface area contributed by atoms with Crippen LogP contribution >= 0.6 is 0 Å². The maximum absolute atomic E-state index is 5.07. The number of quaternary nitrogens is 1. The number of fused-ring (bicyclic) bond motifs is 1. The zero-order valence-corrected chi connectivity index (χ0v) is 7.84. The molecule has 1 unspecified atom stereocenters. The second kappa shape index (κ2) is 3.34. The molecular weight excluding hydrogens is 164 g/mol. The summed E-state index contributed by atoms with van der Waals surface area (Å²) in [5, 5.41) is 0. The van der Waals surface area contributed by atoms with E-state index in [2.05, 4.69) is 18.1 Å². The molecule has 0 radical (unpaired) electrons. The van der Waals surface area contributed by atoms with Gasteiger partial charge >= 0.3 is 0 Å². The van der Waals surface area contributed by atoms with Crippen molar-refractivity contribution in [2.75, 3.05) is 13.7 Å². The van der Waals surface area contributed by atoms with Crippen LogP contribution in [-0.4, -0.2) is 18.6 Å². The van der Waals surface area contributed by atoms with Gasteiger partial charge in [0.2, 0.25) is 5.88 Å². The van der Waals surface area contributed by atoms with Crippen molar-refractivity contribution in [1.82, 2.24) is 4.98 Å². The Morgan fingerprint density at radius 2 is 2.38 bits per heavy atom. The van der Waals surface area contributed by atoms with E-state index >= 15 is 0 Å². The molecule has 2 rings (SSSR count). The molecule has 0 amide bonds. The Balaban J connectivity index is 2.31. The van der Waals surface area contributed by atoms with Gasteiger partial charge in [0.05, 0.1) is 25.9 Å². The second-order valence-electron chi connectivity index (χ2n) is 3.39. The molecule has 1 aromatic heterocycles. The van der Waals surface area contributed by atoms with Crippen LogP contribution in [0.3, 0.4) is 0 Å². The minimum atomic E-state index is 0.714. The third kappa shape index (κ3) is 1.65. The average Bonchev–Trinajstić information content (AvgIpc) is 2.17. The number of hydrogen-bond acceptors (Lipinski definition) is 2. The molecule has 0 saturated heterocycles. The van der Waals surface area contributed by atoms with Gasteiger partial charge in [-0.1, -0.05) is 0 Å². The lowest BCUT2D eigenvalue weighted by Gasteiger charge is -2.26. The maximum Gasteiger partial charge on any atom is 0.213 e. The van der Waals surface area contributed by atoms with Gasteiger partial charge in [0.25, 0.3) is 0 Å². The van der Waals surface area contributed by atoms with Crippen LogP contribution in [0.4, 0.5) is 0 Å². The first kappa shape index (κ1) is 8.51. The second-order valence-corrected chi connectivity index (χ2v) is 3.39. The van der Waals surface area contributed by atoms with Gasteiger partial charge in [0, 0.05) is 18.1 Å². The first-order valence-corrected chi connectivity index (χ1v) is 4.49. The van der Waals surface area contributed by atoms with E-state index in [1.807, 2.05) is 6.07 Å². The standard InChI is InChI=1S/C10H14N2O/c1-12-6-5-9-8(7-12)3-4-10(11-9)13-2/h3-4,12H,1,5-7H2,2H3. The van der Waals surface area contributed by atoms with Crippen LogP contribution in [0.1, 0.15) is 11.3 Å². The molecule has 0 bridgehead atoms. The molecule has 3 heteroatoms. The van der Waals surface area contributed by atoms with Crippen LogP contribution in [0.25, 0.3) is 0 Å². The summed E-state index contributed by atoms with van der Waals surface area (Å²) in [5.74, 6) is 0.714. The van der Waals surface area contributed by atoms with Crippen LogP contribution in [0.15, 0.2) is 12.1 Å². The summed E-state index contributed by atoms with van der Waals surface area (Å²) in [6.45, 7) is 2.04. The molecule has 2 heterocycles. The number of ether oxygens (including phenoxy) is 1. The molecule has 0 spiro atoms. The van der Waals surface area contributed by atoms with Crippen molar-refractivity contribution in [2.24, 2.45) is 0 Å². The Kier molecular flexibility index (Phi) is 2.19. The first-order chi connectivity index (χ1) is 6.29. The number of pyridine rings is 1. The first-order valence-electron chi connectivity index (χ1n) is 4.49. The van der Waals surface area contributed by atoms with Gasteiger partial charge in [-0.05, 0) is 6.07 Å². The van der Waals surface area contributed by atoms with Crippen molar-refractivity contribution in [3.8, 4) is 5.88 Å². The van der Waals surface area contributed by atoms with E-state index in [1.54, 1.807) is 7.11 Å². The molecule has 3 nitrogen and oxygen atoms in total. The summed E-state index contributed by atoms with van der Waals surface area (Å²) >= 11 is 0. The third-order valence-corrected chi connectivity index (χ3v) is 2.41. The zero-order chi connectivity index (χ0) is 9.26. The van der Waals surface area contributed by atoms with E-state index in [4.69, 9.17) is 4.74 Å². The van der Waals surface area contributed by atoms with Gasteiger partial charge < -0.3 is 9.64 Å². The monoisotopic (exact) mass is 178 g/mol. The summed E-state index contributed by atoms with van der Waals surface area (Å²) in [6.07, 6.45) is 1.01. The van der Waals surface area contributed by atoms with Crippen LogP contribution < -0.4 is 9.64 Å². The molecule has 0 aliphatic carbocycles. The Morgan fingerprint density at radius 1 is 1.54 bits per heavy atom. The predicted octanol–water partition coefficient (Wildman–Crippen LogP) is -0.177. The largest absolute Gasteiger partial charge is 0.481 e. The summed E-state index contributed by atoms with van der Waals surface area (Å²) in [6, 6.07) is 4.00. The van der Waals surface area contributed by atoms with Crippen molar-refractivity contribution in [3.63, 3.8) is 0 Å². The molecule has 0 fully saturated rings. The molecule has 1 atom stereocenters. The van der Waals surface area contributed by atoms with Gasteiger partial charge in [-0.15, -0.1) is 0 Å². The fourth-order valence-electron chi connectivity index (χ4n) is 1.65. The van der Waals surface area contributed by atoms with Crippen molar-refractivity contribution >= 4 is 0 Å². The summed E-state index contributed by atoms with van der Waals surface area (Å²) in [5.41, 5.74) is 2.48. The molecule has 1 aliphatic rings. The number of rotatable bonds is 1. The van der Waals surface area contributed by atoms with Crippen LogP contribution in [0.2, 0.25) is 0 Å². The molecule has 1 aromatic rings. The molecule has 70 valence electrons. The zero-order valence-electron chi connectivity index (χ0n) is 7.84. The normalized spacial score (nSPS) is 20.9. The molecule has 13 heavy (non-hydrogen) atoms. The van der Waals surface area contributed by atoms with E-state index in [9.17, 15) is 0 Å². The van der Waals surface area contributed by atoms with E-state index in [-0.39, 0.29) is 0 Å². The Bertz CT molecular complexity index is 312. The molecule has 0 aromatic carbocycles. The van der Waals surface area contributed by atoms with Crippen molar-refractivity contribution < 1.29 is 9.64 Å². The van der Waals surface area contributed by atoms with E-state index in [0.29, 0.717) is 5.88 Å². The Hall–Kier alpha value is -1.09. The van der Waals surface area contributed by atoms with Gasteiger partial charge in [0.1, 0.15) is 0 Å². The topological polar surface area (TPSA) is 26.6 Å². The van der Waals surface area contributed by atoms with Crippen molar-refractivity contribution in [2.45, 2.75) is 13.0 Å². The smallest absolute Gasteiger partial charge is 0.213 e. The van der Waals surface area contributed by atoms with Gasteiger partial charge in [0.15, 0.2) is 0 Å². The highest BCUT2D eigenvalue weighted by Crippen LogP contribution is 2.14. The molecule has 1 aliphatic heterocycles. The maximum atomic E-state index is 5.07. The van der Waals surface area contributed by atoms with E-state index in [0.717, 1.165) is 19.5 Å². The quantitative estimate of drug-likeness (QED) is 0.604. The van der Waals surface area contributed by atoms with Crippen LogP contribution in [0, 0.1) is 7.05 Å². The lowest BCUT2D eigenvalue weighted by atomic mass is 10.1. The highest BCUT2D eigenvalue weighted by atomic mass is 16.5. The van der Waals surface area contributed by atoms with E-state index in [1.165, 1.54) is 16.2 Å². The van der Waals surface area contributed by atoms with Crippen molar-refractivity contribution in [1.29, 1.82) is 0 Å². The van der Waals surface area contributed by atoms with Gasteiger partial charge in [-0.3, -0.25) is 0 Å². The third-order valence-electron chi connectivity index (χ3n) is 2.41. The molecule has 0 saturated carbocycles. The number of hydrogen-bond donors (Lipinski definition) is 1. The number of nitrogens with one attached hydrogen (secondary N) is 1. The average molecular weight is 178 g/mol. The van der Waals surface area contributed by atoms with Crippen LogP contribution in [-0.2, 0) is 13.0 Å². The fraction of sp³-hybridized carbons (Fsp3) is 0.400. The Morgan fingerprint density at radius 3 is 3.15 bits per heavy atom. The molecule has 1 N–H and O–H groups in total. The minimum absolute atomic E-state index is 0.714. The fourth-order valence-corrected chi connectivity index (χ4v) is 1.65. The minimum Gasteiger partial charge on any atom is -0.481 e. The Labute approximate surface area is 78.3 Å². The lowest BCUT2D eigenvalue weighted by Crippen LogP contribution is -3.06. The summed E-state index contributed by atoms with van der Waals surface area (Å²) in [7, 11) is 5.65. The number of nitrogens with zero attached hydrogens (tertiary/aromatic N) is 1. The molecular formula is C10H14N2O.